The first-order valence-electron chi connectivity index (χ1n) is 9.85. The molecule has 148 valence electrons. The molecule has 6 nitrogen and oxygen atoms in total. The molecule has 4 aromatic rings. The summed E-state index contributed by atoms with van der Waals surface area (Å²) in [5.74, 6) is 0.724. The van der Waals surface area contributed by atoms with Crippen LogP contribution in [0, 0.1) is 13.8 Å². The van der Waals surface area contributed by atoms with Crippen molar-refractivity contribution in [2.45, 2.75) is 20.4 Å². The van der Waals surface area contributed by atoms with E-state index in [4.69, 9.17) is 0 Å². The number of aryl methyl sites for hydroxylation is 2. The molecular weight excluding hydrogens is 374 g/mol. The fourth-order valence-electron chi connectivity index (χ4n) is 3.74. The van der Waals surface area contributed by atoms with E-state index in [1.54, 1.807) is 10.9 Å². The van der Waals surface area contributed by atoms with Crippen molar-refractivity contribution in [2.24, 2.45) is 0 Å². The van der Waals surface area contributed by atoms with Crippen LogP contribution in [-0.2, 0) is 6.54 Å². The highest BCUT2D eigenvalue weighted by molar-refractivity contribution is 6.09. The quantitative estimate of drug-likeness (QED) is 0.530. The molecule has 1 amide bonds. The van der Waals surface area contributed by atoms with Gasteiger partial charge in [0, 0.05) is 23.5 Å². The number of benzene rings is 2. The summed E-state index contributed by atoms with van der Waals surface area (Å²) in [5.41, 5.74) is 6.04. The van der Waals surface area contributed by atoms with Gasteiger partial charge in [-0.05, 0) is 55.8 Å². The Labute approximate surface area is 174 Å². The Balaban J connectivity index is 1.61. The smallest absolute Gasteiger partial charge is 0.259 e. The number of carbonyl (C=O) groups is 1. The predicted octanol–water partition coefficient (Wildman–Crippen LogP) is 4.79. The molecule has 1 aliphatic rings. The summed E-state index contributed by atoms with van der Waals surface area (Å²) in [7, 11) is 0. The van der Waals surface area contributed by atoms with Crippen LogP contribution in [-0.4, -0.2) is 20.7 Å². The second-order valence-corrected chi connectivity index (χ2v) is 7.45. The van der Waals surface area contributed by atoms with E-state index in [1.165, 1.54) is 0 Å². The fourth-order valence-corrected chi connectivity index (χ4v) is 3.74. The minimum Gasteiger partial charge on any atom is -0.338 e. The van der Waals surface area contributed by atoms with Gasteiger partial charge >= 0.3 is 0 Å². The van der Waals surface area contributed by atoms with Gasteiger partial charge in [-0.15, -0.1) is 0 Å². The summed E-state index contributed by atoms with van der Waals surface area (Å²) in [5, 5.41) is 7.85. The molecule has 0 spiro atoms. The van der Waals surface area contributed by atoms with E-state index in [0.29, 0.717) is 12.1 Å². The number of rotatable bonds is 2. The molecule has 0 aliphatic carbocycles. The van der Waals surface area contributed by atoms with E-state index in [1.807, 2.05) is 85.6 Å². The Kier molecular flexibility index (Phi) is 4.32. The Bertz CT molecular complexity index is 1260. The number of fused-ring (bicyclic) bond motifs is 2. The molecule has 0 fully saturated rings. The molecule has 0 saturated heterocycles. The number of carbonyl (C=O) groups excluding carboxylic acids is 1. The Morgan fingerprint density at radius 3 is 2.73 bits per heavy atom. The van der Waals surface area contributed by atoms with Gasteiger partial charge < -0.3 is 10.2 Å². The number of anilines is 3. The first-order valence-corrected chi connectivity index (χ1v) is 9.85. The summed E-state index contributed by atoms with van der Waals surface area (Å²) >= 11 is 0. The average molecular weight is 395 g/mol. The maximum absolute atomic E-state index is 13.8. The number of amides is 1. The number of hydrogen-bond acceptors (Lipinski definition) is 4. The van der Waals surface area contributed by atoms with E-state index in [0.717, 1.165) is 39.7 Å². The number of para-hydroxylation sites is 2. The molecule has 0 atom stereocenters. The molecular formula is C24H21N5O. The van der Waals surface area contributed by atoms with Crippen molar-refractivity contribution in [1.82, 2.24) is 14.8 Å². The first-order chi connectivity index (χ1) is 14.6. The average Bonchev–Trinajstić information content (AvgIpc) is 3.12. The lowest BCUT2D eigenvalue weighted by Crippen LogP contribution is -2.30. The van der Waals surface area contributed by atoms with E-state index in [2.05, 4.69) is 15.4 Å². The zero-order valence-electron chi connectivity index (χ0n) is 16.8. The third-order valence-corrected chi connectivity index (χ3v) is 5.35. The van der Waals surface area contributed by atoms with Gasteiger partial charge in [-0.2, -0.15) is 5.10 Å². The Hall–Kier alpha value is -3.93. The normalized spacial score (nSPS) is 12.5. The van der Waals surface area contributed by atoms with Crippen molar-refractivity contribution >= 4 is 23.1 Å². The van der Waals surface area contributed by atoms with Crippen molar-refractivity contribution in [3.63, 3.8) is 0 Å². The molecule has 1 aliphatic heterocycles. The van der Waals surface area contributed by atoms with Gasteiger partial charge in [0.1, 0.15) is 5.82 Å². The Morgan fingerprint density at radius 2 is 1.90 bits per heavy atom. The lowest BCUT2D eigenvalue weighted by atomic mass is 10.1. The third-order valence-electron chi connectivity index (χ3n) is 5.35. The van der Waals surface area contributed by atoms with Crippen LogP contribution < -0.4 is 10.2 Å². The monoisotopic (exact) mass is 395 g/mol. The zero-order valence-corrected chi connectivity index (χ0v) is 16.8. The molecule has 0 unspecified atom stereocenters. The molecule has 5 rings (SSSR count). The standard InChI is InChI=1S/C24H21N5O/c1-16-9-10-19(29-13-11-17(2)27-29)14-20(16)24(30)28-15-18-6-5-12-25-23(18)26-21-7-3-4-8-22(21)28/h3-14H,15H2,1-2H3,(H,25,26). The molecule has 1 N–H and O–H groups in total. The van der Waals surface area contributed by atoms with Crippen molar-refractivity contribution < 1.29 is 4.79 Å². The van der Waals surface area contributed by atoms with Crippen LogP contribution in [0.4, 0.5) is 17.2 Å². The molecule has 0 radical (unpaired) electrons. The maximum Gasteiger partial charge on any atom is 0.259 e. The Morgan fingerprint density at radius 1 is 1.03 bits per heavy atom. The molecule has 6 heteroatoms. The number of aromatic nitrogens is 3. The van der Waals surface area contributed by atoms with E-state index in [9.17, 15) is 4.79 Å². The number of nitrogens with one attached hydrogen (secondary N) is 1. The van der Waals surface area contributed by atoms with Gasteiger partial charge in [-0.1, -0.05) is 24.3 Å². The summed E-state index contributed by atoms with van der Waals surface area (Å²) in [4.78, 5) is 20.1. The number of pyridine rings is 1. The predicted molar refractivity (Wildman–Crippen MR) is 118 cm³/mol. The lowest BCUT2D eigenvalue weighted by molar-refractivity contribution is 0.0985. The van der Waals surface area contributed by atoms with E-state index in [-0.39, 0.29) is 5.91 Å². The number of nitrogens with zero attached hydrogens (tertiary/aromatic N) is 4. The minimum atomic E-state index is -0.0517. The summed E-state index contributed by atoms with van der Waals surface area (Å²) in [6.45, 7) is 4.35. The highest BCUT2D eigenvalue weighted by atomic mass is 16.2. The van der Waals surface area contributed by atoms with Gasteiger partial charge in [-0.25, -0.2) is 9.67 Å². The molecule has 30 heavy (non-hydrogen) atoms. The van der Waals surface area contributed by atoms with Gasteiger partial charge in [0.15, 0.2) is 0 Å². The summed E-state index contributed by atoms with van der Waals surface area (Å²) in [6.07, 6.45) is 3.66. The molecule has 0 bridgehead atoms. The summed E-state index contributed by atoms with van der Waals surface area (Å²) < 4.78 is 1.79. The molecule has 0 saturated carbocycles. The van der Waals surface area contributed by atoms with Gasteiger partial charge in [0.2, 0.25) is 0 Å². The number of hydrogen-bond donors (Lipinski definition) is 1. The van der Waals surface area contributed by atoms with Crippen LogP contribution in [0.3, 0.4) is 0 Å². The van der Waals surface area contributed by atoms with Crippen molar-refractivity contribution in [3.8, 4) is 5.69 Å². The highest BCUT2D eigenvalue weighted by Gasteiger charge is 2.26. The van der Waals surface area contributed by atoms with Gasteiger partial charge in [0.05, 0.1) is 29.3 Å². The van der Waals surface area contributed by atoms with Crippen LogP contribution in [0.25, 0.3) is 5.69 Å². The second-order valence-electron chi connectivity index (χ2n) is 7.45. The minimum absolute atomic E-state index is 0.0517. The van der Waals surface area contributed by atoms with Crippen LogP contribution in [0.2, 0.25) is 0 Å². The van der Waals surface area contributed by atoms with Gasteiger partial charge in [-0.3, -0.25) is 4.79 Å². The van der Waals surface area contributed by atoms with Crippen LogP contribution >= 0.6 is 0 Å². The molecule has 2 aromatic carbocycles. The van der Waals surface area contributed by atoms with Crippen LogP contribution in [0.5, 0.6) is 0 Å². The summed E-state index contributed by atoms with van der Waals surface area (Å²) in [6, 6.07) is 19.5. The molecule has 3 heterocycles. The van der Waals surface area contributed by atoms with Crippen molar-refractivity contribution in [2.75, 3.05) is 10.2 Å². The van der Waals surface area contributed by atoms with Crippen molar-refractivity contribution in [3.05, 3.63) is 95.4 Å². The topological polar surface area (TPSA) is 63.1 Å². The second kappa shape index (κ2) is 7.15. The largest absolute Gasteiger partial charge is 0.338 e. The van der Waals surface area contributed by atoms with Crippen LogP contribution in [0.1, 0.15) is 27.2 Å². The fraction of sp³-hybridized carbons (Fsp3) is 0.125. The third kappa shape index (κ3) is 3.12. The van der Waals surface area contributed by atoms with E-state index >= 15 is 0 Å². The van der Waals surface area contributed by atoms with Gasteiger partial charge in [0.25, 0.3) is 5.91 Å². The van der Waals surface area contributed by atoms with E-state index < -0.39 is 0 Å². The lowest BCUT2D eigenvalue weighted by Gasteiger charge is -2.24. The van der Waals surface area contributed by atoms with Crippen molar-refractivity contribution in [1.29, 1.82) is 0 Å². The SMILES string of the molecule is Cc1ccn(-c2ccc(C)c(C(=O)N3Cc4cccnc4Nc4ccccc43)c2)n1. The molecule has 2 aromatic heterocycles. The zero-order chi connectivity index (χ0) is 20.7. The first kappa shape index (κ1) is 18.1. The van der Waals surface area contributed by atoms with Crippen LogP contribution in [0.15, 0.2) is 73.1 Å². The highest BCUT2D eigenvalue weighted by Crippen LogP contribution is 2.35. The maximum atomic E-state index is 13.8.